The van der Waals surface area contributed by atoms with E-state index in [1.807, 2.05) is 14.0 Å². The molecule has 1 unspecified atom stereocenters. The summed E-state index contributed by atoms with van der Waals surface area (Å²) in [6, 6.07) is 10.8. The number of benzene rings is 1. The van der Waals surface area contributed by atoms with Gasteiger partial charge in [0.25, 0.3) is 0 Å². The van der Waals surface area contributed by atoms with Crippen LogP contribution in [0.15, 0.2) is 35.3 Å². The first kappa shape index (κ1) is 18.7. The van der Waals surface area contributed by atoms with E-state index in [4.69, 9.17) is 4.74 Å². The molecule has 5 heteroatoms. The van der Waals surface area contributed by atoms with Gasteiger partial charge in [-0.3, -0.25) is 4.99 Å². The second kappa shape index (κ2) is 11.0. The monoisotopic (exact) mass is 332 g/mol. The Hall–Kier alpha value is -1.59. The number of hydrogen-bond acceptors (Lipinski definition) is 3. The summed E-state index contributed by atoms with van der Waals surface area (Å²) in [5, 5.41) is 6.73. The minimum Gasteiger partial charge on any atom is -0.380 e. The smallest absolute Gasteiger partial charge is 0.191 e. The second-order valence-electron chi connectivity index (χ2n) is 6.27. The third kappa shape index (κ3) is 6.89. The lowest BCUT2D eigenvalue weighted by atomic mass is 10.1. The van der Waals surface area contributed by atoms with Crippen LogP contribution in [0.2, 0.25) is 0 Å². The average Bonchev–Trinajstić information content (AvgIpc) is 3.08. The maximum Gasteiger partial charge on any atom is 0.191 e. The molecule has 2 N–H and O–H groups in total. The lowest BCUT2D eigenvalue weighted by Crippen LogP contribution is -2.41. The normalized spacial score (nSPS) is 18.8. The van der Waals surface area contributed by atoms with Crippen molar-refractivity contribution < 1.29 is 4.74 Å². The average molecular weight is 332 g/mol. The lowest BCUT2D eigenvalue weighted by molar-refractivity contribution is 0.152. The molecule has 134 valence electrons. The van der Waals surface area contributed by atoms with Crippen LogP contribution in [0.5, 0.6) is 0 Å². The van der Waals surface area contributed by atoms with Gasteiger partial charge in [0, 0.05) is 39.8 Å². The molecule has 0 spiro atoms. The molecular formula is C19H32N4O. The van der Waals surface area contributed by atoms with Gasteiger partial charge in [0.05, 0.1) is 6.61 Å². The van der Waals surface area contributed by atoms with Crippen molar-refractivity contribution in [3.63, 3.8) is 0 Å². The molecule has 1 heterocycles. The van der Waals surface area contributed by atoms with Crippen LogP contribution in [0, 0.1) is 5.92 Å². The Morgan fingerprint density at radius 1 is 1.29 bits per heavy atom. The summed E-state index contributed by atoms with van der Waals surface area (Å²) < 4.78 is 5.33. The number of aliphatic imine (C=N–C) groups is 1. The van der Waals surface area contributed by atoms with Crippen LogP contribution in [0.1, 0.15) is 18.9 Å². The minimum atomic E-state index is 0.700. The number of ether oxygens (including phenoxy) is 1. The van der Waals surface area contributed by atoms with Gasteiger partial charge in [0.15, 0.2) is 5.96 Å². The van der Waals surface area contributed by atoms with Gasteiger partial charge in [-0.25, -0.2) is 0 Å². The highest BCUT2D eigenvalue weighted by atomic mass is 16.5. The molecule has 0 saturated carbocycles. The van der Waals surface area contributed by atoms with Crippen LogP contribution < -0.4 is 10.6 Å². The van der Waals surface area contributed by atoms with E-state index in [0.29, 0.717) is 12.5 Å². The van der Waals surface area contributed by atoms with E-state index in [1.54, 1.807) is 0 Å². The molecule has 1 aliphatic rings. The predicted octanol–water partition coefficient (Wildman–Crippen LogP) is 1.75. The highest BCUT2D eigenvalue weighted by Gasteiger charge is 2.22. The van der Waals surface area contributed by atoms with Crippen LogP contribution in [0.25, 0.3) is 0 Å². The summed E-state index contributed by atoms with van der Waals surface area (Å²) >= 11 is 0. The summed E-state index contributed by atoms with van der Waals surface area (Å²) in [6.45, 7) is 8.80. The van der Waals surface area contributed by atoms with Crippen molar-refractivity contribution in [2.24, 2.45) is 10.9 Å². The molecule has 1 fully saturated rings. The van der Waals surface area contributed by atoms with Crippen LogP contribution in [0.4, 0.5) is 0 Å². The Morgan fingerprint density at radius 2 is 2.12 bits per heavy atom. The number of rotatable bonds is 9. The zero-order valence-electron chi connectivity index (χ0n) is 15.1. The Labute approximate surface area is 146 Å². The van der Waals surface area contributed by atoms with Gasteiger partial charge in [0.1, 0.15) is 0 Å². The van der Waals surface area contributed by atoms with Gasteiger partial charge in [-0.1, -0.05) is 30.3 Å². The number of guanidine groups is 1. The highest BCUT2D eigenvalue weighted by Crippen LogP contribution is 2.15. The number of nitrogens with zero attached hydrogens (tertiary/aromatic N) is 2. The fourth-order valence-electron chi connectivity index (χ4n) is 3.06. The van der Waals surface area contributed by atoms with E-state index in [1.165, 1.54) is 25.1 Å². The van der Waals surface area contributed by atoms with Gasteiger partial charge in [-0.05, 0) is 37.8 Å². The SMILES string of the molecule is CCOCCNC(=NC)NCC1CCN(CCc2ccccc2)C1. The summed E-state index contributed by atoms with van der Waals surface area (Å²) in [7, 11) is 1.82. The predicted molar refractivity (Wildman–Crippen MR) is 101 cm³/mol. The first-order chi connectivity index (χ1) is 11.8. The van der Waals surface area contributed by atoms with Crippen LogP contribution >= 0.6 is 0 Å². The molecule has 1 aromatic rings. The van der Waals surface area contributed by atoms with E-state index >= 15 is 0 Å². The molecule has 24 heavy (non-hydrogen) atoms. The number of hydrogen-bond donors (Lipinski definition) is 2. The minimum absolute atomic E-state index is 0.700. The highest BCUT2D eigenvalue weighted by molar-refractivity contribution is 5.79. The van der Waals surface area contributed by atoms with Crippen molar-refractivity contribution in [1.82, 2.24) is 15.5 Å². The molecule has 2 rings (SSSR count). The summed E-state index contributed by atoms with van der Waals surface area (Å²) in [4.78, 5) is 6.84. The van der Waals surface area contributed by atoms with E-state index in [9.17, 15) is 0 Å². The molecule has 5 nitrogen and oxygen atoms in total. The van der Waals surface area contributed by atoms with Crippen LogP contribution in [-0.4, -0.2) is 63.8 Å². The molecule has 1 atom stereocenters. The third-order valence-corrected chi connectivity index (χ3v) is 4.45. The number of likely N-dealkylation sites (tertiary alicyclic amines) is 1. The van der Waals surface area contributed by atoms with E-state index in [-0.39, 0.29) is 0 Å². The van der Waals surface area contributed by atoms with Crippen molar-refractivity contribution in [3.8, 4) is 0 Å². The Bertz CT molecular complexity index is 478. The number of nitrogens with one attached hydrogen (secondary N) is 2. The lowest BCUT2D eigenvalue weighted by Gasteiger charge is -2.17. The maximum absolute atomic E-state index is 5.33. The summed E-state index contributed by atoms with van der Waals surface area (Å²) in [5.74, 6) is 1.57. The quantitative estimate of drug-likeness (QED) is 0.411. The molecular weight excluding hydrogens is 300 g/mol. The fraction of sp³-hybridized carbons (Fsp3) is 0.632. The van der Waals surface area contributed by atoms with Gasteiger partial charge in [-0.15, -0.1) is 0 Å². The molecule has 0 aliphatic carbocycles. The zero-order valence-corrected chi connectivity index (χ0v) is 15.1. The van der Waals surface area contributed by atoms with E-state index in [2.05, 4.69) is 50.9 Å². The molecule has 0 aromatic heterocycles. The third-order valence-electron chi connectivity index (χ3n) is 4.45. The molecule has 1 aliphatic heterocycles. The van der Waals surface area contributed by atoms with Crippen LogP contribution in [0.3, 0.4) is 0 Å². The fourth-order valence-corrected chi connectivity index (χ4v) is 3.06. The first-order valence-corrected chi connectivity index (χ1v) is 9.10. The molecule has 0 amide bonds. The summed E-state index contributed by atoms with van der Waals surface area (Å²) in [6.07, 6.45) is 2.40. The van der Waals surface area contributed by atoms with Crippen molar-refractivity contribution >= 4 is 5.96 Å². The Kier molecular flexibility index (Phi) is 8.63. The van der Waals surface area contributed by atoms with E-state index < -0.39 is 0 Å². The second-order valence-corrected chi connectivity index (χ2v) is 6.27. The first-order valence-electron chi connectivity index (χ1n) is 9.10. The van der Waals surface area contributed by atoms with Crippen molar-refractivity contribution in [2.75, 3.05) is 53.0 Å². The Balaban J connectivity index is 1.60. The van der Waals surface area contributed by atoms with Gasteiger partial charge in [-0.2, -0.15) is 0 Å². The van der Waals surface area contributed by atoms with Crippen molar-refractivity contribution in [2.45, 2.75) is 19.8 Å². The molecule has 1 saturated heterocycles. The molecule has 1 aromatic carbocycles. The van der Waals surface area contributed by atoms with Crippen LogP contribution in [-0.2, 0) is 11.2 Å². The Morgan fingerprint density at radius 3 is 2.88 bits per heavy atom. The summed E-state index contributed by atoms with van der Waals surface area (Å²) in [5.41, 5.74) is 1.43. The topological polar surface area (TPSA) is 48.9 Å². The van der Waals surface area contributed by atoms with Crippen molar-refractivity contribution in [3.05, 3.63) is 35.9 Å². The van der Waals surface area contributed by atoms with Crippen molar-refractivity contribution in [1.29, 1.82) is 0 Å². The maximum atomic E-state index is 5.33. The molecule has 0 bridgehead atoms. The van der Waals surface area contributed by atoms with Gasteiger partial charge in [0.2, 0.25) is 0 Å². The van der Waals surface area contributed by atoms with E-state index in [0.717, 1.165) is 38.6 Å². The standard InChI is InChI=1S/C19H32N4O/c1-3-24-14-11-21-19(20-2)22-15-18-10-13-23(16-18)12-9-17-7-5-4-6-8-17/h4-8,18H,3,9-16H2,1-2H3,(H2,20,21,22). The van der Waals surface area contributed by atoms with Gasteiger partial charge < -0.3 is 20.3 Å². The largest absolute Gasteiger partial charge is 0.380 e. The molecule has 0 radical (unpaired) electrons. The zero-order chi connectivity index (χ0) is 17.0. The van der Waals surface area contributed by atoms with Gasteiger partial charge >= 0.3 is 0 Å².